The van der Waals surface area contributed by atoms with Crippen molar-refractivity contribution < 1.29 is 4.79 Å². The minimum absolute atomic E-state index is 0.217. The molecule has 2 heteroatoms. The summed E-state index contributed by atoms with van der Waals surface area (Å²) in [6.45, 7) is 7.06. The molecule has 1 heterocycles. The first-order chi connectivity index (χ1) is 8.08. The number of aromatic nitrogens is 1. The second-order valence-corrected chi connectivity index (χ2v) is 5.10. The Balaban J connectivity index is 2.51. The van der Waals surface area contributed by atoms with Gasteiger partial charge in [-0.25, -0.2) is 0 Å². The van der Waals surface area contributed by atoms with E-state index in [-0.39, 0.29) is 5.78 Å². The number of fused-ring (bicyclic) bond motifs is 1. The fraction of sp³-hybridized carbons (Fsp3) is 0.400. The first kappa shape index (κ1) is 11.9. The van der Waals surface area contributed by atoms with Crippen molar-refractivity contribution in [2.24, 2.45) is 5.92 Å². The lowest BCUT2D eigenvalue weighted by Gasteiger charge is -2.11. The maximum absolute atomic E-state index is 11.3. The summed E-state index contributed by atoms with van der Waals surface area (Å²) >= 11 is 0. The van der Waals surface area contributed by atoms with E-state index in [4.69, 9.17) is 0 Å². The molecule has 0 saturated heterocycles. The topological polar surface area (TPSA) is 22.0 Å². The van der Waals surface area contributed by atoms with Crippen LogP contribution >= 0.6 is 0 Å². The monoisotopic (exact) mass is 229 g/mol. The molecule has 1 aromatic heterocycles. The molecule has 0 bridgehead atoms. The van der Waals surface area contributed by atoms with Gasteiger partial charge in [0.25, 0.3) is 0 Å². The Hall–Kier alpha value is -1.57. The summed E-state index contributed by atoms with van der Waals surface area (Å²) in [5.74, 6) is 0.825. The van der Waals surface area contributed by atoms with E-state index in [1.807, 2.05) is 6.07 Å². The van der Waals surface area contributed by atoms with Gasteiger partial charge in [-0.05, 0) is 29.9 Å². The highest BCUT2D eigenvalue weighted by molar-refractivity contribution is 5.88. The number of rotatable bonds is 4. The van der Waals surface area contributed by atoms with Crippen LogP contribution in [-0.2, 0) is 17.8 Å². The van der Waals surface area contributed by atoms with Gasteiger partial charge in [0, 0.05) is 19.2 Å². The zero-order chi connectivity index (χ0) is 12.4. The van der Waals surface area contributed by atoms with Gasteiger partial charge in [0.15, 0.2) is 0 Å². The lowest BCUT2D eigenvalue weighted by molar-refractivity contribution is -0.116. The SMILES string of the molecule is CC(=O)Cc1cccc2ccn(CC(C)C)c12. The highest BCUT2D eigenvalue weighted by Crippen LogP contribution is 2.22. The molecule has 0 atom stereocenters. The Morgan fingerprint density at radius 2 is 2.06 bits per heavy atom. The summed E-state index contributed by atoms with van der Waals surface area (Å²) in [5, 5.41) is 1.23. The standard InChI is InChI=1S/C15H19NO/c1-11(2)10-16-8-7-13-5-4-6-14(15(13)16)9-12(3)17/h4-8,11H,9-10H2,1-3H3. The number of benzene rings is 1. The van der Waals surface area contributed by atoms with Crippen molar-refractivity contribution in [3.8, 4) is 0 Å². The number of carbonyl (C=O) groups excluding carboxylic acids is 1. The molecular formula is C15H19NO. The van der Waals surface area contributed by atoms with Gasteiger partial charge in [-0.15, -0.1) is 0 Å². The molecule has 0 spiro atoms. The van der Waals surface area contributed by atoms with E-state index in [1.165, 1.54) is 10.9 Å². The van der Waals surface area contributed by atoms with E-state index < -0.39 is 0 Å². The molecule has 0 saturated carbocycles. The molecule has 1 aromatic carbocycles. The Morgan fingerprint density at radius 3 is 2.71 bits per heavy atom. The van der Waals surface area contributed by atoms with Gasteiger partial charge in [0.05, 0.1) is 5.52 Å². The number of carbonyl (C=O) groups is 1. The Bertz CT molecular complexity index is 537. The highest BCUT2D eigenvalue weighted by atomic mass is 16.1. The van der Waals surface area contributed by atoms with Gasteiger partial charge < -0.3 is 4.57 Å². The quantitative estimate of drug-likeness (QED) is 0.787. The number of ketones is 1. The smallest absolute Gasteiger partial charge is 0.134 e. The maximum atomic E-state index is 11.3. The zero-order valence-electron chi connectivity index (χ0n) is 10.7. The van der Waals surface area contributed by atoms with Gasteiger partial charge >= 0.3 is 0 Å². The van der Waals surface area contributed by atoms with E-state index in [0.29, 0.717) is 12.3 Å². The molecule has 0 aliphatic carbocycles. The summed E-state index contributed by atoms with van der Waals surface area (Å²) in [6.07, 6.45) is 2.65. The average Bonchev–Trinajstić information content (AvgIpc) is 2.61. The lowest BCUT2D eigenvalue weighted by atomic mass is 10.1. The van der Waals surface area contributed by atoms with E-state index in [0.717, 1.165) is 12.1 Å². The first-order valence-corrected chi connectivity index (χ1v) is 6.14. The van der Waals surface area contributed by atoms with Gasteiger partial charge in [-0.1, -0.05) is 32.0 Å². The van der Waals surface area contributed by atoms with Crippen LogP contribution in [0.3, 0.4) is 0 Å². The largest absolute Gasteiger partial charge is 0.347 e. The van der Waals surface area contributed by atoms with E-state index in [9.17, 15) is 4.79 Å². The van der Waals surface area contributed by atoms with Crippen LogP contribution in [0.1, 0.15) is 26.3 Å². The van der Waals surface area contributed by atoms with Crippen LogP contribution < -0.4 is 0 Å². The average molecular weight is 229 g/mol. The van der Waals surface area contributed by atoms with E-state index in [1.54, 1.807) is 6.92 Å². The van der Waals surface area contributed by atoms with Crippen LogP contribution in [0.5, 0.6) is 0 Å². The molecule has 0 aliphatic rings. The van der Waals surface area contributed by atoms with Crippen LogP contribution in [0, 0.1) is 5.92 Å². The third-order valence-electron chi connectivity index (χ3n) is 2.87. The van der Waals surface area contributed by atoms with Crippen molar-refractivity contribution in [3.63, 3.8) is 0 Å². The van der Waals surface area contributed by atoms with Crippen molar-refractivity contribution in [1.29, 1.82) is 0 Å². The number of hydrogen-bond donors (Lipinski definition) is 0. The van der Waals surface area contributed by atoms with Gasteiger partial charge in [0.1, 0.15) is 5.78 Å². The highest BCUT2D eigenvalue weighted by Gasteiger charge is 2.08. The maximum Gasteiger partial charge on any atom is 0.134 e. The molecular weight excluding hydrogens is 210 g/mol. The van der Waals surface area contributed by atoms with Crippen LogP contribution in [0.25, 0.3) is 10.9 Å². The first-order valence-electron chi connectivity index (χ1n) is 6.14. The Labute approximate surface area is 102 Å². The third kappa shape index (κ3) is 2.57. The van der Waals surface area contributed by atoms with Crippen LogP contribution in [0.15, 0.2) is 30.5 Å². The predicted octanol–water partition coefficient (Wildman–Crippen LogP) is 3.43. The molecule has 2 aromatic rings. The number of hydrogen-bond acceptors (Lipinski definition) is 1. The van der Waals surface area contributed by atoms with Crippen LogP contribution in [-0.4, -0.2) is 10.4 Å². The van der Waals surface area contributed by atoms with Crippen molar-refractivity contribution in [1.82, 2.24) is 4.57 Å². The Morgan fingerprint density at radius 1 is 1.29 bits per heavy atom. The zero-order valence-corrected chi connectivity index (χ0v) is 10.7. The second-order valence-electron chi connectivity index (χ2n) is 5.10. The number of Topliss-reactive ketones (excluding diaryl/α,β-unsaturated/α-hetero) is 1. The number of para-hydroxylation sites is 1. The van der Waals surface area contributed by atoms with Crippen molar-refractivity contribution >= 4 is 16.7 Å². The van der Waals surface area contributed by atoms with Crippen molar-refractivity contribution in [2.75, 3.05) is 0 Å². The Kier molecular flexibility index (Phi) is 3.32. The predicted molar refractivity (Wildman–Crippen MR) is 71.2 cm³/mol. The number of nitrogens with zero attached hydrogens (tertiary/aromatic N) is 1. The normalized spacial score (nSPS) is 11.3. The molecule has 0 radical (unpaired) electrons. The molecule has 2 nitrogen and oxygen atoms in total. The minimum atomic E-state index is 0.217. The lowest BCUT2D eigenvalue weighted by Crippen LogP contribution is -2.05. The molecule has 0 unspecified atom stereocenters. The minimum Gasteiger partial charge on any atom is -0.347 e. The summed E-state index contributed by atoms with van der Waals surface area (Å²) in [5.41, 5.74) is 2.36. The molecule has 0 fully saturated rings. The molecule has 0 amide bonds. The van der Waals surface area contributed by atoms with Crippen molar-refractivity contribution in [2.45, 2.75) is 33.7 Å². The van der Waals surface area contributed by atoms with Gasteiger partial charge in [-0.2, -0.15) is 0 Å². The second kappa shape index (κ2) is 4.74. The van der Waals surface area contributed by atoms with Gasteiger partial charge in [0.2, 0.25) is 0 Å². The fourth-order valence-corrected chi connectivity index (χ4v) is 2.30. The van der Waals surface area contributed by atoms with Crippen molar-refractivity contribution in [3.05, 3.63) is 36.0 Å². The fourth-order valence-electron chi connectivity index (χ4n) is 2.30. The molecule has 2 rings (SSSR count). The van der Waals surface area contributed by atoms with Gasteiger partial charge in [-0.3, -0.25) is 4.79 Å². The van der Waals surface area contributed by atoms with E-state index in [2.05, 4.69) is 42.8 Å². The molecule has 0 aliphatic heterocycles. The van der Waals surface area contributed by atoms with Crippen LogP contribution in [0.2, 0.25) is 0 Å². The summed E-state index contributed by atoms with van der Waals surface area (Å²) < 4.78 is 2.26. The molecule has 90 valence electrons. The molecule has 17 heavy (non-hydrogen) atoms. The summed E-state index contributed by atoms with van der Waals surface area (Å²) in [6, 6.07) is 8.32. The summed E-state index contributed by atoms with van der Waals surface area (Å²) in [7, 11) is 0. The molecule has 0 N–H and O–H groups in total. The van der Waals surface area contributed by atoms with E-state index >= 15 is 0 Å². The summed E-state index contributed by atoms with van der Waals surface area (Å²) in [4.78, 5) is 11.3. The third-order valence-corrected chi connectivity index (χ3v) is 2.87. The van der Waals surface area contributed by atoms with Crippen LogP contribution in [0.4, 0.5) is 0 Å².